The summed E-state index contributed by atoms with van der Waals surface area (Å²) in [5.74, 6) is 0. The first-order valence-corrected chi connectivity index (χ1v) is 7.31. The van der Waals surface area contributed by atoms with Crippen LogP contribution in [-0.2, 0) is 4.74 Å². The van der Waals surface area contributed by atoms with Gasteiger partial charge in [0.2, 0.25) is 0 Å². The van der Waals surface area contributed by atoms with Crippen LogP contribution in [0.5, 0.6) is 0 Å². The quantitative estimate of drug-likeness (QED) is 0.932. The molecule has 3 unspecified atom stereocenters. The molecule has 1 aromatic carbocycles. The van der Waals surface area contributed by atoms with Gasteiger partial charge in [0.1, 0.15) is 0 Å². The summed E-state index contributed by atoms with van der Waals surface area (Å²) < 4.78 is 5.66. The van der Waals surface area contributed by atoms with Crippen LogP contribution in [0.15, 0.2) is 18.2 Å². The Labute approximate surface area is 124 Å². The minimum atomic E-state index is 0.0764. The molecule has 1 aliphatic rings. The van der Waals surface area contributed by atoms with Gasteiger partial charge >= 0.3 is 0 Å². The highest BCUT2D eigenvalue weighted by Crippen LogP contribution is 2.34. The van der Waals surface area contributed by atoms with E-state index in [1.54, 1.807) is 6.07 Å². The van der Waals surface area contributed by atoms with E-state index in [0.717, 1.165) is 18.7 Å². The molecule has 0 bridgehead atoms. The van der Waals surface area contributed by atoms with Crippen LogP contribution in [0.3, 0.4) is 0 Å². The Morgan fingerprint density at radius 3 is 2.84 bits per heavy atom. The first-order chi connectivity index (χ1) is 9.04. The van der Waals surface area contributed by atoms with Crippen molar-refractivity contribution in [3.8, 4) is 0 Å². The molecule has 0 spiro atoms. The molecule has 2 rings (SSSR count). The van der Waals surface area contributed by atoms with Crippen molar-refractivity contribution in [1.29, 1.82) is 0 Å². The van der Waals surface area contributed by atoms with E-state index in [-0.39, 0.29) is 12.1 Å². The summed E-state index contributed by atoms with van der Waals surface area (Å²) in [5.41, 5.74) is 6.98. The van der Waals surface area contributed by atoms with Gasteiger partial charge in [-0.2, -0.15) is 0 Å². The molecule has 0 saturated carbocycles. The lowest BCUT2D eigenvalue weighted by molar-refractivity contribution is -0.0653. The first kappa shape index (κ1) is 15.1. The van der Waals surface area contributed by atoms with Gasteiger partial charge in [-0.3, -0.25) is 4.90 Å². The molecule has 3 nitrogen and oxygen atoms in total. The van der Waals surface area contributed by atoms with Gasteiger partial charge in [-0.25, -0.2) is 0 Å². The summed E-state index contributed by atoms with van der Waals surface area (Å²) in [6.45, 7) is 6.30. The normalized spacial score (nSPS) is 26.4. The molecule has 3 atom stereocenters. The van der Waals surface area contributed by atoms with Crippen LogP contribution in [0.1, 0.15) is 25.5 Å². The second-order valence-electron chi connectivity index (χ2n) is 5.08. The van der Waals surface area contributed by atoms with Gasteiger partial charge in [-0.1, -0.05) is 35.3 Å². The van der Waals surface area contributed by atoms with E-state index < -0.39 is 0 Å². The second kappa shape index (κ2) is 6.42. The van der Waals surface area contributed by atoms with E-state index in [4.69, 9.17) is 33.7 Å². The topological polar surface area (TPSA) is 38.5 Å². The van der Waals surface area contributed by atoms with Gasteiger partial charge < -0.3 is 10.5 Å². The monoisotopic (exact) mass is 302 g/mol. The van der Waals surface area contributed by atoms with Gasteiger partial charge in [0.25, 0.3) is 0 Å². The first-order valence-electron chi connectivity index (χ1n) is 6.56. The van der Waals surface area contributed by atoms with Crippen LogP contribution >= 0.6 is 23.2 Å². The average molecular weight is 303 g/mol. The molecule has 5 heteroatoms. The van der Waals surface area contributed by atoms with Crippen LogP contribution in [0.2, 0.25) is 10.0 Å². The molecule has 0 aromatic heterocycles. The highest BCUT2D eigenvalue weighted by atomic mass is 35.5. The zero-order chi connectivity index (χ0) is 14.0. The number of benzene rings is 1. The van der Waals surface area contributed by atoms with Gasteiger partial charge in [0.05, 0.1) is 22.8 Å². The van der Waals surface area contributed by atoms with Crippen LogP contribution in [0.4, 0.5) is 0 Å². The number of nitrogens with two attached hydrogens (primary N) is 1. The van der Waals surface area contributed by atoms with Crippen molar-refractivity contribution in [2.75, 3.05) is 19.7 Å². The van der Waals surface area contributed by atoms with Crippen molar-refractivity contribution in [3.63, 3.8) is 0 Å². The Balaban J connectivity index is 2.30. The van der Waals surface area contributed by atoms with E-state index in [2.05, 4.69) is 18.7 Å². The number of rotatable bonds is 3. The Hall–Kier alpha value is -0.320. The van der Waals surface area contributed by atoms with Gasteiger partial charge in [-0.15, -0.1) is 0 Å². The smallest absolute Gasteiger partial charge is 0.0675 e. The molecule has 1 aromatic rings. The van der Waals surface area contributed by atoms with Crippen molar-refractivity contribution in [2.24, 2.45) is 5.73 Å². The highest BCUT2D eigenvalue weighted by Gasteiger charge is 2.31. The van der Waals surface area contributed by atoms with Crippen LogP contribution in [0, 0.1) is 0 Å². The largest absolute Gasteiger partial charge is 0.376 e. The van der Waals surface area contributed by atoms with Crippen LogP contribution in [-0.4, -0.2) is 36.7 Å². The van der Waals surface area contributed by atoms with E-state index >= 15 is 0 Å². The molecule has 1 aliphatic heterocycles. The zero-order valence-electron chi connectivity index (χ0n) is 11.3. The Bertz CT molecular complexity index is 441. The van der Waals surface area contributed by atoms with Crippen molar-refractivity contribution < 1.29 is 4.74 Å². The summed E-state index contributed by atoms with van der Waals surface area (Å²) in [6.07, 6.45) is 0.211. The number of ether oxygens (including phenoxy) is 1. The fourth-order valence-corrected chi connectivity index (χ4v) is 3.02. The van der Waals surface area contributed by atoms with Crippen molar-refractivity contribution >= 4 is 23.2 Å². The number of morpholine rings is 1. The summed E-state index contributed by atoms with van der Waals surface area (Å²) in [4.78, 5) is 2.35. The maximum atomic E-state index is 6.32. The van der Waals surface area contributed by atoms with E-state index in [1.807, 2.05) is 12.1 Å². The predicted molar refractivity (Wildman–Crippen MR) is 79.8 cm³/mol. The third kappa shape index (κ3) is 3.23. The fourth-order valence-electron chi connectivity index (χ4n) is 2.58. The van der Waals surface area contributed by atoms with E-state index in [1.165, 1.54) is 0 Å². The lowest BCUT2D eigenvalue weighted by atomic mass is 10.0. The summed E-state index contributed by atoms with van der Waals surface area (Å²) in [6, 6.07) is 6.11. The molecule has 0 aliphatic carbocycles. The molecule has 0 radical (unpaired) electrons. The predicted octanol–water partition coefficient (Wildman–Crippen LogP) is 3.10. The molecule has 106 valence electrons. The number of hydrogen-bond donors (Lipinski definition) is 1. The van der Waals surface area contributed by atoms with Gasteiger partial charge in [0, 0.05) is 25.2 Å². The average Bonchev–Trinajstić information content (AvgIpc) is 2.39. The zero-order valence-corrected chi connectivity index (χ0v) is 12.8. The van der Waals surface area contributed by atoms with Gasteiger partial charge in [-0.05, 0) is 25.5 Å². The van der Waals surface area contributed by atoms with E-state index in [0.29, 0.717) is 22.6 Å². The maximum absolute atomic E-state index is 6.32. The number of hydrogen-bond acceptors (Lipinski definition) is 3. The lowest BCUT2D eigenvalue weighted by Gasteiger charge is -2.42. The fraction of sp³-hybridized carbons (Fsp3) is 0.571. The SMILES string of the molecule is CC1CN(C(CN)c2cccc(Cl)c2Cl)C(C)CO1. The van der Waals surface area contributed by atoms with Crippen molar-refractivity contribution in [2.45, 2.75) is 32.0 Å². The molecule has 1 saturated heterocycles. The third-order valence-electron chi connectivity index (χ3n) is 3.62. The lowest BCUT2D eigenvalue weighted by Crippen LogP contribution is -2.50. The molecule has 0 amide bonds. The number of halogens is 2. The molecule has 2 N–H and O–H groups in total. The molecule has 1 fully saturated rings. The van der Waals surface area contributed by atoms with Gasteiger partial charge in [0.15, 0.2) is 0 Å². The van der Waals surface area contributed by atoms with Crippen molar-refractivity contribution in [3.05, 3.63) is 33.8 Å². The number of nitrogens with zero attached hydrogens (tertiary/aromatic N) is 1. The van der Waals surface area contributed by atoms with Crippen LogP contribution in [0.25, 0.3) is 0 Å². The van der Waals surface area contributed by atoms with E-state index in [9.17, 15) is 0 Å². The summed E-state index contributed by atoms with van der Waals surface area (Å²) in [7, 11) is 0. The molecule has 1 heterocycles. The molecule has 19 heavy (non-hydrogen) atoms. The minimum absolute atomic E-state index is 0.0764. The highest BCUT2D eigenvalue weighted by molar-refractivity contribution is 6.42. The summed E-state index contributed by atoms with van der Waals surface area (Å²) in [5, 5.41) is 1.18. The Morgan fingerprint density at radius 2 is 2.16 bits per heavy atom. The molecular formula is C14H20Cl2N2O. The van der Waals surface area contributed by atoms with Crippen molar-refractivity contribution in [1.82, 2.24) is 4.90 Å². The minimum Gasteiger partial charge on any atom is -0.376 e. The Morgan fingerprint density at radius 1 is 1.42 bits per heavy atom. The summed E-state index contributed by atoms with van der Waals surface area (Å²) >= 11 is 12.4. The Kier molecular flexibility index (Phi) is 5.09. The maximum Gasteiger partial charge on any atom is 0.0675 e. The third-order valence-corrected chi connectivity index (χ3v) is 4.45. The second-order valence-corrected chi connectivity index (χ2v) is 5.87. The molecular weight excluding hydrogens is 283 g/mol. The van der Waals surface area contributed by atoms with Crippen LogP contribution < -0.4 is 5.73 Å². The standard InChI is InChI=1S/C14H20Cl2N2O/c1-9-8-19-10(2)7-18(9)13(6-17)11-4-3-5-12(15)14(11)16/h3-5,9-10,13H,6-8,17H2,1-2H3.